The van der Waals surface area contributed by atoms with Gasteiger partial charge in [-0.1, -0.05) is 91.0 Å². The summed E-state index contributed by atoms with van der Waals surface area (Å²) in [4.78, 5) is 12.9. The summed E-state index contributed by atoms with van der Waals surface area (Å²) in [6.45, 7) is 5.07. The van der Waals surface area contributed by atoms with Gasteiger partial charge in [-0.05, 0) is 37.5 Å². The van der Waals surface area contributed by atoms with Crippen LogP contribution in [0.3, 0.4) is 0 Å². The van der Waals surface area contributed by atoms with E-state index in [2.05, 4.69) is 5.32 Å². The van der Waals surface area contributed by atoms with Crippen LogP contribution in [0.15, 0.2) is 91.0 Å². The first-order valence-electron chi connectivity index (χ1n) is 10.1. The molecule has 0 saturated heterocycles. The largest absolute Gasteiger partial charge is 0.459 e. The number of aliphatic hydroxyl groups excluding tert-OH is 1. The first-order valence-corrected chi connectivity index (χ1v) is 10.1. The Balaban J connectivity index is 2.19. The van der Waals surface area contributed by atoms with Gasteiger partial charge in [0.05, 0.1) is 12.1 Å². The summed E-state index contributed by atoms with van der Waals surface area (Å²) < 4.78 is 5.58. The Morgan fingerprint density at radius 1 is 0.800 bits per heavy atom. The molecule has 4 nitrogen and oxygen atoms in total. The number of rotatable bonds is 7. The summed E-state index contributed by atoms with van der Waals surface area (Å²) in [6.07, 6.45) is 0. The minimum atomic E-state index is -0.912. The van der Waals surface area contributed by atoms with E-state index in [1.165, 1.54) is 0 Å². The standard InChI is InChI=1S/C26H29NO3/c1-25(2,3)30-24(29)23(19-28)27-26(20-13-7-4-8-14-20,21-15-9-5-10-16-21)22-17-11-6-12-18-22/h4-18,23,27-28H,19H2,1-3H3. The zero-order valence-electron chi connectivity index (χ0n) is 17.7. The molecule has 0 saturated carbocycles. The predicted octanol–water partition coefficient (Wildman–Crippen LogP) is 4.27. The van der Waals surface area contributed by atoms with Gasteiger partial charge in [0.2, 0.25) is 0 Å². The third kappa shape index (κ3) is 4.78. The summed E-state index contributed by atoms with van der Waals surface area (Å²) in [5.41, 5.74) is 1.38. The van der Waals surface area contributed by atoms with Crippen molar-refractivity contribution in [3.63, 3.8) is 0 Å². The average Bonchev–Trinajstić information content (AvgIpc) is 2.75. The third-order valence-electron chi connectivity index (χ3n) is 4.89. The van der Waals surface area contributed by atoms with Crippen LogP contribution in [-0.2, 0) is 15.1 Å². The first-order chi connectivity index (χ1) is 14.4. The van der Waals surface area contributed by atoms with Gasteiger partial charge in [0.15, 0.2) is 0 Å². The molecule has 0 aromatic heterocycles. The molecule has 0 radical (unpaired) electrons. The first kappa shape index (κ1) is 21.8. The van der Waals surface area contributed by atoms with Gasteiger partial charge in [-0.3, -0.25) is 10.1 Å². The van der Waals surface area contributed by atoms with E-state index in [0.29, 0.717) is 0 Å². The number of carbonyl (C=O) groups is 1. The lowest BCUT2D eigenvalue weighted by Crippen LogP contribution is -2.55. The SMILES string of the molecule is CC(C)(C)OC(=O)C(CO)NC(c1ccccc1)(c1ccccc1)c1ccccc1. The van der Waals surface area contributed by atoms with Gasteiger partial charge in [0, 0.05) is 0 Å². The molecule has 0 bridgehead atoms. The molecule has 0 aliphatic rings. The van der Waals surface area contributed by atoms with Crippen molar-refractivity contribution in [3.8, 4) is 0 Å². The number of nitrogens with one attached hydrogen (secondary N) is 1. The molecule has 1 unspecified atom stereocenters. The summed E-state index contributed by atoms with van der Waals surface area (Å²) in [7, 11) is 0. The van der Waals surface area contributed by atoms with Crippen LogP contribution >= 0.6 is 0 Å². The predicted molar refractivity (Wildman–Crippen MR) is 119 cm³/mol. The lowest BCUT2D eigenvalue weighted by Gasteiger charge is -2.39. The van der Waals surface area contributed by atoms with Gasteiger partial charge in [0.1, 0.15) is 11.6 Å². The Bertz CT molecular complexity index is 838. The minimum absolute atomic E-state index is 0.386. The van der Waals surface area contributed by atoms with E-state index in [-0.39, 0.29) is 6.61 Å². The molecule has 0 aliphatic heterocycles. The van der Waals surface area contributed by atoms with Gasteiger partial charge in [-0.15, -0.1) is 0 Å². The average molecular weight is 404 g/mol. The van der Waals surface area contributed by atoms with E-state index in [1.807, 2.05) is 112 Å². The highest BCUT2D eigenvalue weighted by Crippen LogP contribution is 2.37. The number of hydrogen-bond donors (Lipinski definition) is 2. The molecular formula is C26H29NO3. The highest BCUT2D eigenvalue weighted by atomic mass is 16.6. The molecule has 0 aliphatic carbocycles. The summed E-state index contributed by atoms with van der Waals surface area (Å²) >= 11 is 0. The fourth-order valence-electron chi connectivity index (χ4n) is 3.63. The molecule has 30 heavy (non-hydrogen) atoms. The van der Waals surface area contributed by atoms with Crippen LogP contribution in [0.1, 0.15) is 37.5 Å². The van der Waals surface area contributed by atoms with Crippen molar-refractivity contribution in [1.29, 1.82) is 0 Å². The molecule has 156 valence electrons. The van der Waals surface area contributed by atoms with Crippen LogP contribution in [0.2, 0.25) is 0 Å². The highest BCUT2D eigenvalue weighted by Gasteiger charge is 2.40. The highest BCUT2D eigenvalue weighted by molar-refractivity contribution is 5.77. The van der Waals surface area contributed by atoms with Gasteiger partial charge in [0.25, 0.3) is 0 Å². The van der Waals surface area contributed by atoms with Crippen molar-refractivity contribution in [2.75, 3.05) is 6.61 Å². The van der Waals surface area contributed by atoms with E-state index in [4.69, 9.17) is 4.74 Å². The summed E-state index contributed by atoms with van der Waals surface area (Å²) in [5, 5.41) is 13.6. The number of aliphatic hydroxyl groups is 1. The zero-order chi connectivity index (χ0) is 21.6. The van der Waals surface area contributed by atoms with Crippen molar-refractivity contribution in [2.24, 2.45) is 0 Å². The van der Waals surface area contributed by atoms with Crippen LogP contribution in [-0.4, -0.2) is 29.3 Å². The molecule has 0 spiro atoms. The molecule has 3 rings (SSSR count). The van der Waals surface area contributed by atoms with Crippen LogP contribution in [0, 0.1) is 0 Å². The van der Waals surface area contributed by atoms with Crippen molar-refractivity contribution in [1.82, 2.24) is 5.32 Å². The molecule has 2 N–H and O–H groups in total. The molecule has 1 atom stereocenters. The van der Waals surface area contributed by atoms with Crippen molar-refractivity contribution < 1.29 is 14.6 Å². The number of hydrogen-bond acceptors (Lipinski definition) is 4. The Hall–Kier alpha value is -2.95. The molecule has 3 aromatic rings. The third-order valence-corrected chi connectivity index (χ3v) is 4.89. The van der Waals surface area contributed by atoms with Gasteiger partial charge in [-0.25, -0.2) is 0 Å². The van der Waals surface area contributed by atoms with Crippen molar-refractivity contribution >= 4 is 5.97 Å². The Labute approximate surface area is 178 Å². The van der Waals surface area contributed by atoms with Crippen molar-refractivity contribution in [2.45, 2.75) is 38.0 Å². The molecule has 4 heteroatoms. The maximum atomic E-state index is 12.9. The van der Waals surface area contributed by atoms with E-state index in [9.17, 15) is 9.90 Å². The Kier molecular flexibility index (Phi) is 6.70. The van der Waals surface area contributed by atoms with E-state index >= 15 is 0 Å². The fraction of sp³-hybridized carbons (Fsp3) is 0.269. The van der Waals surface area contributed by atoms with Gasteiger partial charge >= 0.3 is 5.97 Å². The number of esters is 1. The second-order valence-electron chi connectivity index (χ2n) is 8.26. The Morgan fingerprint density at radius 2 is 1.17 bits per heavy atom. The summed E-state index contributed by atoms with van der Waals surface area (Å²) in [5.74, 6) is -0.489. The number of ether oxygens (including phenoxy) is 1. The molecule has 0 fully saturated rings. The normalized spacial score (nSPS) is 12.9. The molecule has 0 amide bonds. The van der Waals surface area contributed by atoms with Gasteiger partial charge < -0.3 is 9.84 Å². The summed E-state index contributed by atoms with van der Waals surface area (Å²) in [6, 6.07) is 28.9. The lowest BCUT2D eigenvalue weighted by molar-refractivity contribution is -0.159. The number of carbonyl (C=O) groups excluding carboxylic acids is 1. The van der Waals surface area contributed by atoms with Crippen LogP contribution in [0.4, 0.5) is 0 Å². The second-order valence-corrected chi connectivity index (χ2v) is 8.26. The molecule has 3 aromatic carbocycles. The maximum absolute atomic E-state index is 12.9. The van der Waals surface area contributed by atoms with E-state index in [0.717, 1.165) is 16.7 Å². The van der Waals surface area contributed by atoms with Crippen molar-refractivity contribution in [3.05, 3.63) is 108 Å². The topological polar surface area (TPSA) is 58.6 Å². The fourth-order valence-corrected chi connectivity index (χ4v) is 3.63. The molecular weight excluding hydrogens is 374 g/mol. The minimum Gasteiger partial charge on any atom is -0.459 e. The van der Waals surface area contributed by atoms with Gasteiger partial charge in [-0.2, -0.15) is 0 Å². The van der Waals surface area contributed by atoms with Crippen LogP contribution < -0.4 is 5.32 Å². The monoisotopic (exact) mass is 403 g/mol. The maximum Gasteiger partial charge on any atom is 0.326 e. The smallest absolute Gasteiger partial charge is 0.326 e. The van der Waals surface area contributed by atoms with Crippen LogP contribution in [0.5, 0.6) is 0 Å². The lowest BCUT2D eigenvalue weighted by atomic mass is 9.76. The second kappa shape index (κ2) is 9.24. The molecule has 0 heterocycles. The zero-order valence-corrected chi connectivity index (χ0v) is 17.7. The Morgan fingerprint density at radius 3 is 1.47 bits per heavy atom. The van der Waals surface area contributed by atoms with E-state index in [1.54, 1.807) is 0 Å². The number of benzene rings is 3. The quantitative estimate of drug-likeness (QED) is 0.457. The van der Waals surface area contributed by atoms with Crippen LogP contribution in [0.25, 0.3) is 0 Å². The van der Waals surface area contributed by atoms with E-state index < -0.39 is 23.2 Å².